The van der Waals surface area contributed by atoms with Crippen molar-refractivity contribution in [1.29, 1.82) is 0 Å². The van der Waals surface area contributed by atoms with Crippen molar-refractivity contribution in [2.45, 2.75) is 0 Å². The van der Waals surface area contributed by atoms with Gasteiger partial charge in [0.15, 0.2) is 5.82 Å². The number of rotatable bonds is 0. The number of hydrogen-bond acceptors (Lipinski definition) is 3. The molecule has 1 unspecified atom stereocenters. The van der Waals surface area contributed by atoms with Gasteiger partial charge in [-0.2, -0.15) is 4.45 Å². The molecule has 3 aliphatic heterocycles. The van der Waals surface area contributed by atoms with Crippen molar-refractivity contribution in [2.24, 2.45) is 0 Å². The van der Waals surface area contributed by atoms with Crippen LogP contribution in [-0.4, -0.2) is 14.5 Å². The largest absolute Gasteiger partial charge is 0.287 e. The van der Waals surface area contributed by atoms with Gasteiger partial charge in [-0.15, -0.1) is 5.10 Å². The third kappa shape index (κ3) is 0.452. The van der Waals surface area contributed by atoms with Gasteiger partial charge in [0, 0.05) is 5.56 Å². The van der Waals surface area contributed by atoms with Gasteiger partial charge >= 0.3 is 0 Å². The second kappa shape index (κ2) is 1.49. The molecule has 1 aromatic carbocycles. The summed E-state index contributed by atoms with van der Waals surface area (Å²) < 4.78 is 13.7. The summed E-state index contributed by atoms with van der Waals surface area (Å²) in [6.07, 6.45) is 0. The predicted molar refractivity (Wildman–Crippen MR) is 47.7 cm³/mol. The van der Waals surface area contributed by atoms with Crippen LogP contribution in [0.4, 0.5) is 0 Å². The van der Waals surface area contributed by atoms with E-state index in [4.69, 9.17) is 0 Å². The Kier molecular flexibility index (Phi) is 0.699. The van der Waals surface area contributed by atoms with Gasteiger partial charge in [0.2, 0.25) is 5.57 Å². The molecule has 0 saturated heterocycles. The normalized spacial score (nSPS) is 25.5. The van der Waals surface area contributed by atoms with E-state index < -0.39 is 7.29 Å². The Morgan fingerprint density at radius 1 is 1.31 bits per heavy atom. The van der Waals surface area contributed by atoms with Crippen molar-refractivity contribution in [3.63, 3.8) is 0 Å². The van der Waals surface area contributed by atoms with Crippen molar-refractivity contribution in [3.8, 4) is 11.4 Å². The zero-order chi connectivity index (χ0) is 8.63. The first-order valence-electron chi connectivity index (χ1n) is 4.00. The van der Waals surface area contributed by atoms with Gasteiger partial charge in [-0.3, -0.25) is 4.57 Å². The van der Waals surface area contributed by atoms with Gasteiger partial charge < -0.3 is 0 Å². The summed E-state index contributed by atoms with van der Waals surface area (Å²) in [5.74, 6) is 0.711. The van der Waals surface area contributed by atoms with Crippen LogP contribution in [0.15, 0.2) is 24.3 Å². The molecule has 4 heterocycles. The summed E-state index contributed by atoms with van der Waals surface area (Å²) in [6.45, 7) is 0. The van der Waals surface area contributed by atoms with Crippen LogP contribution < -0.4 is 10.9 Å². The fourth-order valence-corrected chi connectivity index (χ4v) is 4.21. The van der Waals surface area contributed by atoms with Crippen molar-refractivity contribution >= 4 is 18.2 Å². The number of nitrogens with zero attached hydrogens (tertiary/aromatic N) is 3. The fourth-order valence-electron chi connectivity index (χ4n) is 1.86. The van der Waals surface area contributed by atoms with Crippen molar-refractivity contribution < 1.29 is 4.57 Å². The molecule has 5 rings (SSSR count). The number of benzene rings is 1. The molecule has 1 aromatic heterocycles. The summed E-state index contributed by atoms with van der Waals surface area (Å²) in [6, 6.07) is 7.64. The monoisotopic (exact) mass is 189 g/mol. The van der Waals surface area contributed by atoms with Crippen LogP contribution in [-0.2, 0) is 4.57 Å². The lowest BCUT2D eigenvalue weighted by Gasteiger charge is -2.10. The molecule has 13 heavy (non-hydrogen) atoms. The van der Waals surface area contributed by atoms with Crippen molar-refractivity contribution in [3.05, 3.63) is 24.3 Å². The molecular formula is C8H4N3OP. The van der Waals surface area contributed by atoms with Crippen LogP contribution in [0.3, 0.4) is 0 Å². The molecule has 0 radical (unpaired) electrons. The third-order valence-electron chi connectivity index (χ3n) is 2.54. The Balaban J connectivity index is 2.29. The second-order valence-corrected chi connectivity index (χ2v) is 5.63. The average Bonchev–Trinajstić information content (AvgIpc) is 2.61. The number of hydrogen-bond donors (Lipinski definition) is 0. The summed E-state index contributed by atoms with van der Waals surface area (Å²) >= 11 is 0. The van der Waals surface area contributed by atoms with E-state index in [-0.39, 0.29) is 0 Å². The molecule has 0 saturated carbocycles. The van der Waals surface area contributed by atoms with Gasteiger partial charge in [-0.05, 0) is 6.07 Å². The summed E-state index contributed by atoms with van der Waals surface area (Å²) in [5, 5.41) is 5.03. The van der Waals surface area contributed by atoms with Gasteiger partial charge in [-0.1, -0.05) is 18.2 Å². The Hall–Kier alpha value is -1.41. The highest BCUT2D eigenvalue weighted by atomic mass is 31.2. The lowest BCUT2D eigenvalue weighted by molar-refractivity contribution is 0.587. The molecule has 4 nitrogen and oxygen atoms in total. The SMILES string of the molecule is O=P12c3ccccc3-c3nc1n2n3. The molecule has 3 aliphatic rings. The van der Waals surface area contributed by atoms with Crippen LogP contribution in [0.2, 0.25) is 0 Å². The summed E-state index contributed by atoms with van der Waals surface area (Å²) in [4.78, 5) is 4.17. The molecular weight excluding hydrogens is 185 g/mol. The minimum atomic E-state index is -2.44. The van der Waals surface area contributed by atoms with Crippen LogP contribution >= 0.6 is 7.29 Å². The highest BCUT2D eigenvalue weighted by Crippen LogP contribution is 2.60. The molecule has 0 aliphatic carbocycles. The molecule has 5 heteroatoms. The lowest BCUT2D eigenvalue weighted by atomic mass is 10.2. The van der Waals surface area contributed by atoms with Crippen LogP contribution in [0.25, 0.3) is 11.4 Å². The van der Waals surface area contributed by atoms with E-state index in [1.54, 1.807) is 4.45 Å². The summed E-state index contributed by atoms with van der Waals surface area (Å²) in [5.41, 5.74) is 1.60. The zero-order valence-electron chi connectivity index (χ0n) is 6.51. The third-order valence-corrected chi connectivity index (χ3v) is 5.04. The highest BCUT2D eigenvalue weighted by Gasteiger charge is 2.57. The molecule has 1 atom stereocenters. The standard InChI is InChI=1S/C8H4N3OP/c12-13-6-4-2-1-3-5(6)7-9-8(13)11(13)10-7/h1-4H. The van der Waals surface area contributed by atoms with Crippen molar-refractivity contribution in [1.82, 2.24) is 14.5 Å². The molecule has 4 bridgehead atoms. The molecule has 0 spiro atoms. The maximum absolute atomic E-state index is 12.2. The first kappa shape index (κ1) is 6.11. The van der Waals surface area contributed by atoms with E-state index in [0.717, 1.165) is 10.9 Å². The molecule has 0 N–H and O–H groups in total. The molecule has 2 aromatic rings. The topological polar surface area (TPSA) is 47.8 Å². The molecule has 0 amide bonds. The Labute approximate surface area is 73.6 Å². The van der Waals surface area contributed by atoms with Gasteiger partial charge in [-0.25, -0.2) is 4.98 Å². The minimum Gasteiger partial charge on any atom is -0.285 e. The zero-order valence-corrected chi connectivity index (χ0v) is 7.40. The average molecular weight is 189 g/mol. The Morgan fingerprint density at radius 3 is 2.92 bits per heavy atom. The molecule has 0 fully saturated rings. The van der Waals surface area contributed by atoms with Crippen molar-refractivity contribution in [2.75, 3.05) is 0 Å². The van der Waals surface area contributed by atoms with Crippen LogP contribution in [0.1, 0.15) is 0 Å². The number of aromatic nitrogens is 3. The van der Waals surface area contributed by atoms with E-state index >= 15 is 0 Å². The first-order valence-corrected chi connectivity index (χ1v) is 5.66. The first-order chi connectivity index (χ1) is 6.32. The van der Waals surface area contributed by atoms with Crippen LogP contribution in [0, 0.1) is 0 Å². The fraction of sp³-hybridized carbons (Fsp3) is 0. The van der Waals surface area contributed by atoms with Gasteiger partial charge in [0.1, 0.15) is 0 Å². The maximum Gasteiger partial charge on any atom is 0.287 e. The quantitative estimate of drug-likeness (QED) is 0.375. The van der Waals surface area contributed by atoms with E-state index in [0.29, 0.717) is 11.4 Å². The molecule has 62 valence electrons. The minimum absolute atomic E-state index is 0.668. The predicted octanol–water partition coefficient (Wildman–Crippen LogP) is 0.349. The smallest absolute Gasteiger partial charge is 0.285 e. The van der Waals surface area contributed by atoms with Gasteiger partial charge in [0.25, 0.3) is 7.29 Å². The van der Waals surface area contributed by atoms with E-state index in [2.05, 4.69) is 10.1 Å². The van der Waals surface area contributed by atoms with Crippen LogP contribution in [0.5, 0.6) is 0 Å². The Morgan fingerprint density at radius 2 is 2.15 bits per heavy atom. The van der Waals surface area contributed by atoms with E-state index in [9.17, 15) is 4.57 Å². The summed E-state index contributed by atoms with van der Waals surface area (Å²) in [7, 11) is -2.44. The van der Waals surface area contributed by atoms with E-state index in [1.165, 1.54) is 0 Å². The Bertz CT molecular complexity index is 576. The maximum atomic E-state index is 12.2. The van der Waals surface area contributed by atoms with Gasteiger partial charge in [0.05, 0.1) is 5.30 Å². The lowest BCUT2D eigenvalue weighted by Crippen LogP contribution is -2.13. The second-order valence-electron chi connectivity index (χ2n) is 3.22. The highest BCUT2D eigenvalue weighted by molar-refractivity contribution is 7.84. The van der Waals surface area contributed by atoms with E-state index in [1.807, 2.05) is 24.3 Å².